The number of rotatable bonds is 6. The fourth-order valence-electron chi connectivity index (χ4n) is 2.08. The van der Waals surface area contributed by atoms with Gasteiger partial charge >= 0.3 is 6.03 Å². The van der Waals surface area contributed by atoms with E-state index in [4.69, 9.17) is 4.42 Å². The van der Waals surface area contributed by atoms with Crippen molar-refractivity contribution in [1.82, 2.24) is 10.6 Å². The summed E-state index contributed by atoms with van der Waals surface area (Å²) in [5, 5.41) is 15.8. The van der Waals surface area contributed by atoms with Crippen LogP contribution in [0.3, 0.4) is 0 Å². The van der Waals surface area contributed by atoms with E-state index >= 15 is 0 Å². The first-order valence-electron chi connectivity index (χ1n) is 6.79. The number of amides is 2. The van der Waals surface area contributed by atoms with Crippen molar-refractivity contribution in [2.75, 3.05) is 12.9 Å². The van der Waals surface area contributed by atoms with Gasteiger partial charge in [-0.15, -0.1) is 0 Å². The van der Waals surface area contributed by atoms with Crippen molar-refractivity contribution >= 4 is 28.8 Å². The number of benzene rings is 1. The van der Waals surface area contributed by atoms with Crippen molar-refractivity contribution in [3.8, 4) is 0 Å². The molecule has 0 spiro atoms. The summed E-state index contributed by atoms with van der Waals surface area (Å²) in [7, 11) is 0. The van der Waals surface area contributed by atoms with Crippen LogP contribution < -0.4 is 10.6 Å². The van der Waals surface area contributed by atoms with E-state index in [0.29, 0.717) is 12.3 Å². The van der Waals surface area contributed by atoms with Gasteiger partial charge in [0.1, 0.15) is 11.3 Å². The number of para-hydroxylation sites is 1. The Labute approximate surface area is 128 Å². The lowest BCUT2D eigenvalue weighted by molar-refractivity contribution is 0.231. The van der Waals surface area contributed by atoms with E-state index < -0.39 is 0 Å². The van der Waals surface area contributed by atoms with Crippen molar-refractivity contribution < 1.29 is 14.3 Å². The number of urea groups is 1. The predicted octanol–water partition coefficient (Wildman–Crippen LogP) is 2.34. The molecule has 1 aromatic heterocycles. The van der Waals surface area contributed by atoms with Gasteiger partial charge in [-0.05, 0) is 25.3 Å². The summed E-state index contributed by atoms with van der Waals surface area (Å²) in [4.78, 5) is 11.8. The minimum Gasteiger partial charge on any atom is -0.459 e. The average molecular weight is 308 g/mol. The Morgan fingerprint density at radius 2 is 2.19 bits per heavy atom. The third kappa shape index (κ3) is 4.15. The fraction of sp³-hybridized carbons (Fsp3) is 0.400. The SMILES string of the molecule is CSC(CO)C(C)NC(=O)NCc1cc2ccccc2o1. The Bertz CT molecular complexity index is 562. The molecule has 2 rings (SSSR count). The van der Waals surface area contributed by atoms with E-state index in [9.17, 15) is 9.90 Å². The summed E-state index contributed by atoms with van der Waals surface area (Å²) >= 11 is 1.53. The standard InChI is InChI=1S/C15H20N2O3S/c1-10(14(9-18)21-2)17-15(19)16-8-12-7-11-5-3-4-6-13(11)20-12/h3-7,10,14,18H,8-9H2,1-2H3,(H2,16,17,19). The van der Waals surface area contributed by atoms with Crippen LogP contribution in [0, 0.1) is 0 Å². The molecular formula is C15H20N2O3S. The molecule has 114 valence electrons. The lowest BCUT2D eigenvalue weighted by Gasteiger charge is -2.21. The molecule has 6 heteroatoms. The Morgan fingerprint density at radius 3 is 2.86 bits per heavy atom. The summed E-state index contributed by atoms with van der Waals surface area (Å²) in [6.45, 7) is 2.24. The molecule has 0 saturated carbocycles. The second-order valence-electron chi connectivity index (χ2n) is 4.82. The van der Waals surface area contributed by atoms with Gasteiger partial charge in [0.05, 0.1) is 13.2 Å². The van der Waals surface area contributed by atoms with Crippen molar-refractivity contribution in [3.63, 3.8) is 0 Å². The maximum atomic E-state index is 11.8. The normalized spacial score (nSPS) is 13.9. The molecule has 0 bridgehead atoms. The molecule has 5 nitrogen and oxygen atoms in total. The maximum Gasteiger partial charge on any atom is 0.315 e. The van der Waals surface area contributed by atoms with Gasteiger partial charge < -0.3 is 20.2 Å². The number of hydrogen-bond donors (Lipinski definition) is 3. The summed E-state index contributed by atoms with van der Waals surface area (Å²) in [5.74, 6) is 0.711. The predicted molar refractivity (Wildman–Crippen MR) is 85.4 cm³/mol. The highest BCUT2D eigenvalue weighted by atomic mass is 32.2. The average Bonchev–Trinajstić information content (AvgIpc) is 2.89. The first-order chi connectivity index (χ1) is 10.1. The minimum absolute atomic E-state index is 0.0121. The number of fused-ring (bicyclic) bond motifs is 1. The number of furan rings is 1. The topological polar surface area (TPSA) is 74.5 Å². The number of thioether (sulfide) groups is 1. The molecule has 0 aliphatic rings. The van der Waals surface area contributed by atoms with Gasteiger partial charge in [-0.1, -0.05) is 18.2 Å². The molecule has 0 radical (unpaired) electrons. The van der Waals surface area contributed by atoms with E-state index in [1.165, 1.54) is 11.8 Å². The molecule has 2 amide bonds. The molecule has 0 aliphatic carbocycles. The third-order valence-electron chi connectivity index (χ3n) is 3.30. The van der Waals surface area contributed by atoms with Crippen LogP contribution in [0.2, 0.25) is 0 Å². The Kier molecular flexibility index (Phi) is 5.52. The van der Waals surface area contributed by atoms with Gasteiger partial charge in [-0.3, -0.25) is 0 Å². The number of carbonyl (C=O) groups is 1. The van der Waals surface area contributed by atoms with Gasteiger partial charge in [0.2, 0.25) is 0 Å². The number of aliphatic hydroxyl groups is 1. The molecular weight excluding hydrogens is 288 g/mol. The molecule has 1 heterocycles. The zero-order valence-corrected chi connectivity index (χ0v) is 12.9. The Balaban J connectivity index is 1.86. The quantitative estimate of drug-likeness (QED) is 0.766. The fourth-order valence-corrected chi connectivity index (χ4v) is 2.70. The van der Waals surface area contributed by atoms with E-state index in [1.807, 2.05) is 43.5 Å². The van der Waals surface area contributed by atoms with Crippen LogP contribution in [0.1, 0.15) is 12.7 Å². The summed E-state index contributed by atoms with van der Waals surface area (Å²) < 4.78 is 5.63. The van der Waals surface area contributed by atoms with Crippen LogP contribution in [0.15, 0.2) is 34.7 Å². The lowest BCUT2D eigenvalue weighted by Crippen LogP contribution is -2.45. The first-order valence-corrected chi connectivity index (χ1v) is 8.08. The van der Waals surface area contributed by atoms with E-state index in [1.54, 1.807) is 0 Å². The molecule has 2 aromatic rings. The van der Waals surface area contributed by atoms with Crippen molar-refractivity contribution in [3.05, 3.63) is 36.1 Å². The van der Waals surface area contributed by atoms with Crippen molar-refractivity contribution in [1.29, 1.82) is 0 Å². The highest BCUT2D eigenvalue weighted by Crippen LogP contribution is 2.18. The van der Waals surface area contributed by atoms with Gasteiger partial charge in [0.25, 0.3) is 0 Å². The maximum absolute atomic E-state index is 11.8. The zero-order chi connectivity index (χ0) is 15.2. The minimum atomic E-state index is -0.268. The first kappa shape index (κ1) is 15.7. The molecule has 3 N–H and O–H groups in total. The smallest absolute Gasteiger partial charge is 0.315 e. The molecule has 0 fully saturated rings. The molecule has 0 aliphatic heterocycles. The Hall–Kier alpha value is -1.66. The molecule has 1 aromatic carbocycles. The summed E-state index contributed by atoms with van der Waals surface area (Å²) in [6, 6.07) is 9.25. The van der Waals surface area contributed by atoms with Gasteiger partial charge in [0.15, 0.2) is 0 Å². The second kappa shape index (κ2) is 7.38. The van der Waals surface area contributed by atoms with Crippen molar-refractivity contribution in [2.45, 2.75) is 24.8 Å². The van der Waals surface area contributed by atoms with Crippen LogP contribution in [-0.2, 0) is 6.54 Å². The molecule has 2 atom stereocenters. The number of nitrogens with one attached hydrogen (secondary N) is 2. The monoisotopic (exact) mass is 308 g/mol. The highest BCUT2D eigenvalue weighted by molar-refractivity contribution is 7.99. The van der Waals surface area contributed by atoms with Crippen LogP contribution in [0.5, 0.6) is 0 Å². The van der Waals surface area contributed by atoms with E-state index in [0.717, 1.165) is 11.0 Å². The summed E-state index contributed by atoms with van der Waals surface area (Å²) in [6.07, 6.45) is 1.91. The second-order valence-corrected chi connectivity index (χ2v) is 5.90. The highest BCUT2D eigenvalue weighted by Gasteiger charge is 2.17. The summed E-state index contributed by atoms with van der Waals surface area (Å²) in [5.41, 5.74) is 0.811. The van der Waals surface area contributed by atoms with Gasteiger partial charge in [-0.25, -0.2) is 4.79 Å². The zero-order valence-electron chi connectivity index (χ0n) is 12.1. The third-order valence-corrected chi connectivity index (χ3v) is 4.46. The van der Waals surface area contributed by atoms with E-state index in [-0.39, 0.29) is 23.9 Å². The van der Waals surface area contributed by atoms with Gasteiger partial charge in [0, 0.05) is 16.7 Å². The van der Waals surface area contributed by atoms with Crippen LogP contribution in [0.4, 0.5) is 4.79 Å². The number of aliphatic hydroxyl groups excluding tert-OH is 1. The van der Waals surface area contributed by atoms with Crippen LogP contribution in [-0.4, -0.2) is 35.3 Å². The molecule has 21 heavy (non-hydrogen) atoms. The van der Waals surface area contributed by atoms with Gasteiger partial charge in [-0.2, -0.15) is 11.8 Å². The number of carbonyl (C=O) groups excluding carboxylic acids is 1. The Morgan fingerprint density at radius 1 is 1.43 bits per heavy atom. The molecule has 0 saturated heterocycles. The molecule has 2 unspecified atom stereocenters. The largest absolute Gasteiger partial charge is 0.459 e. The van der Waals surface area contributed by atoms with E-state index in [2.05, 4.69) is 10.6 Å². The van der Waals surface area contributed by atoms with Crippen molar-refractivity contribution in [2.24, 2.45) is 0 Å². The van der Waals surface area contributed by atoms with Crippen LogP contribution in [0.25, 0.3) is 11.0 Å². The van der Waals surface area contributed by atoms with Crippen LogP contribution >= 0.6 is 11.8 Å². The lowest BCUT2D eigenvalue weighted by atomic mass is 10.2. The number of hydrogen-bond acceptors (Lipinski definition) is 4.